The highest BCUT2D eigenvalue weighted by atomic mass is 16.4. The van der Waals surface area contributed by atoms with Crippen LogP contribution in [0.5, 0.6) is 0 Å². The van der Waals surface area contributed by atoms with Crippen molar-refractivity contribution < 1.29 is 19.1 Å². The van der Waals surface area contributed by atoms with Crippen molar-refractivity contribution in [3.8, 4) is 11.5 Å². The first-order chi connectivity index (χ1) is 8.89. The normalized spacial score (nSPS) is 11.5. The van der Waals surface area contributed by atoms with Gasteiger partial charge in [0.15, 0.2) is 17.6 Å². The zero-order chi connectivity index (χ0) is 14.2. The number of aldehydes is 1. The monoisotopic (exact) mass is 263 g/mol. The molecule has 7 heteroatoms. The summed E-state index contributed by atoms with van der Waals surface area (Å²) >= 11 is 0. The number of hydrogen-bond donors (Lipinski definition) is 2. The van der Waals surface area contributed by atoms with E-state index in [2.05, 4.69) is 5.10 Å². The lowest BCUT2D eigenvalue weighted by Crippen LogP contribution is -2.37. The molecule has 0 aliphatic carbocycles. The number of nitrogens with zero attached hydrogens (tertiary/aromatic N) is 2. The van der Waals surface area contributed by atoms with Gasteiger partial charge >= 0.3 is 5.97 Å². The van der Waals surface area contributed by atoms with Gasteiger partial charge in [0.25, 0.3) is 0 Å². The Morgan fingerprint density at radius 2 is 2.26 bits per heavy atom. The zero-order valence-electron chi connectivity index (χ0n) is 10.5. The molecule has 0 bridgehead atoms. The highest BCUT2D eigenvalue weighted by Crippen LogP contribution is 2.30. The standard InChI is InChI=1S/C12H13N3O4/c1-12(2,11(17)18)15-10(13)7(6-16)9(14-15)8-4-3-5-19-8/h3-6H,13H2,1-2H3,(H,17,18). The molecule has 7 nitrogen and oxygen atoms in total. The molecule has 3 N–H and O–H groups in total. The zero-order valence-corrected chi connectivity index (χ0v) is 10.5. The summed E-state index contributed by atoms with van der Waals surface area (Å²) < 4.78 is 6.27. The summed E-state index contributed by atoms with van der Waals surface area (Å²) in [7, 11) is 0. The second-order valence-corrected chi connectivity index (χ2v) is 4.52. The Bertz CT molecular complexity index is 626. The van der Waals surface area contributed by atoms with Crippen LogP contribution in [0.3, 0.4) is 0 Å². The average Bonchev–Trinajstić information content (AvgIpc) is 2.95. The number of aliphatic carboxylic acids is 1. The number of hydrogen-bond acceptors (Lipinski definition) is 5. The summed E-state index contributed by atoms with van der Waals surface area (Å²) in [6, 6.07) is 3.26. The number of nitrogen functional groups attached to an aromatic ring is 1. The van der Waals surface area contributed by atoms with Gasteiger partial charge in [-0.1, -0.05) is 0 Å². The number of carbonyl (C=O) groups excluding carboxylic acids is 1. The van der Waals surface area contributed by atoms with Crippen LogP contribution in [-0.4, -0.2) is 27.1 Å². The molecule has 0 amide bonds. The van der Waals surface area contributed by atoms with Gasteiger partial charge in [0, 0.05) is 0 Å². The summed E-state index contributed by atoms with van der Waals surface area (Å²) in [5.41, 5.74) is 4.78. The molecule has 0 saturated heterocycles. The fourth-order valence-electron chi connectivity index (χ4n) is 1.67. The number of aromatic nitrogens is 2. The maximum absolute atomic E-state index is 11.2. The second-order valence-electron chi connectivity index (χ2n) is 4.52. The van der Waals surface area contributed by atoms with E-state index in [9.17, 15) is 14.7 Å². The largest absolute Gasteiger partial charge is 0.479 e. The quantitative estimate of drug-likeness (QED) is 0.805. The van der Waals surface area contributed by atoms with E-state index < -0.39 is 11.5 Å². The highest BCUT2D eigenvalue weighted by molar-refractivity contribution is 5.91. The van der Waals surface area contributed by atoms with Gasteiger partial charge in [0.2, 0.25) is 0 Å². The number of carboxylic acid groups (broad SMARTS) is 1. The minimum Gasteiger partial charge on any atom is -0.479 e. The van der Waals surface area contributed by atoms with E-state index in [1.54, 1.807) is 12.1 Å². The predicted molar refractivity (Wildman–Crippen MR) is 66.7 cm³/mol. The van der Waals surface area contributed by atoms with E-state index in [0.717, 1.165) is 4.68 Å². The number of carboxylic acids is 1. The molecule has 0 aromatic carbocycles. The number of anilines is 1. The summed E-state index contributed by atoms with van der Waals surface area (Å²) in [5.74, 6) is -0.757. The van der Waals surface area contributed by atoms with Crippen LogP contribution in [0.4, 0.5) is 5.82 Å². The topological polar surface area (TPSA) is 111 Å². The first-order valence-corrected chi connectivity index (χ1v) is 5.51. The minimum atomic E-state index is -1.37. The van der Waals surface area contributed by atoms with Gasteiger partial charge in [0.1, 0.15) is 11.5 Å². The molecular formula is C12H13N3O4. The molecule has 2 aromatic heterocycles. The molecule has 0 unspecified atom stereocenters. The molecule has 0 atom stereocenters. The maximum atomic E-state index is 11.2. The maximum Gasteiger partial charge on any atom is 0.331 e. The van der Waals surface area contributed by atoms with Crippen LogP contribution in [-0.2, 0) is 10.3 Å². The number of furan rings is 1. The smallest absolute Gasteiger partial charge is 0.331 e. The summed E-state index contributed by atoms with van der Waals surface area (Å²) in [5, 5.41) is 13.3. The van der Waals surface area contributed by atoms with Crippen LogP contribution >= 0.6 is 0 Å². The third kappa shape index (κ3) is 1.88. The van der Waals surface area contributed by atoms with E-state index in [0.29, 0.717) is 12.0 Å². The SMILES string of the molecule is CC(C)(C(=O)O)n1nc(-c2ccco2)c(C=O)c1N. The Morgan fingerprint density at radius 3 is 2.74 bits per heavy atom. The Balaban J connectivity index is 2.67. The summed E-state index contributed by atoms with van der Waals surface area (Å²) in [6.45, 7) is 2.89. The third-order valence-electron chi connectivity index (χ3n) is 2.88. The molecule has 100 valence electrons. The van der Waals surface area contributed by atoms with Crippen molar-refractivity contribution in [2.24, 2.45) is 0 Å². The Kier molecular flexibility index (Phi) is 2.89. The Labute approximate surface area is 108 Å². The van der Waals surface area contributed by atoms with E-state index in [1.165, 1.54) is 20.1 Å². The third-order valence-corrected chi connectivity index (χ3v) is 2.88. The molecule has 2 heterocycles. The van der Waals surface area contributed by atoms with Crippen LogP contribution in [0.25, 0.3) is 11.5 Å². The van der Waals surface area contributed by atoms with Crippen molar-refractivity contribution in [2.75, 3.05) is 5.73 Å². The first kappa shape index (κ1) is 12.9. The molecule has 0 radical (unpaired) electrons. The van der Waals surface area contributed by atoms with Crippen LogP contribution in [0.2, 0.25) is 0 Å². The van der Waals surface area contributed by atoms with E-state index in [-0.39, 0.29) is 17.1 Å². The lowest BCUT2D eigenvalue weighted by Gasteiger charge is -2.21. The molecule has 0 spiro atoms. The van der Waals surface area contributed by atoms with E-state index in [1.807, 2.05) is 0 Å². The van der Waals surface area contributed by atoms with Gasteiger partial charge in [0.05, 0.1) is 11.8 Å². The van der Waals surface area contributed by atoms with Crippen LogP contribution in [0, 0.1) is 0 Å². The fourth-order valence-corrected chi connectivity index (χ4v) is 1.67. The van der Waals surface area contributed by atoms with Crippen molar-refractivity contribution in [1.29, 1.82) is 0 Å². The van der Waals surface area contributed by atoms with Gasteiger partial charge in [-0.15, -0.1) is 0 Å². The van der Waals surface area contributed by atoms with Gasteiger partial charge < -0.3 is 15.3 Å². The first-order valence-electron chi connectivity index (χ1n) is 5.51. The van der Waals surface area contributed by atoms with Gasteiger partial charge in [-0.05, 0) is 26.0 Å². The molecule has 2 rings (SSSR count). The Morgan fingerprint density at radius 1 is 1.58 bits per heavy atom. The van der Waals surface area contributed by atoms with Crippen molar-refractivity contribution >= 4 is 18.1 Å². The van der Waals surface area contributed by atoms with Crippen LogP contribution < -0.4 is 5.73 Å². The van der Waals surface area contributed by atoms with Crippen molar-refractivity contribution in [3.63, 3.8) is 0 Å². The molecule has 0 aliphatic heterocycles. The number of nitrogens with two attached hydrogens (primary N) is 1. The average molecular weight is 263 g/mol. The molecule has 0 fully saturated rings. The van der Waals surface area contributed by atoms with E-state index >= 15 is 0 Å². The second kappa shape index (κ2) is 4.27. The number of rotatable bonds is 4. The minimum absolute atomic E-state index is 0.00574. The van der Waals surface area contributed by atoms with E-state index in [4.69, 9.17) is 10.2 Å². The molecule has 19 heavy (non-hydrogen) atoms. The molecule has 0 saturated carbocycles. The lowest BCUT2D eigenvalue weighted by molar-refractivity contribution is -0.146. The number of carbonyl (C=O) groups is 2. The predicted octanol–water partition coefficient (Wildman–Crippen LogP) is 1.36. The molecule has 0 aliphatic rings. The van der Waals surface area contributed by atoms with Gasteiger partial charge in [-0.3, -0.25) is 4.79 Å². The highest BCUT2D eigenvalue weighted by Gasteiger charge is 2.34. The Hall–Kier alpha value is -2.57. The summed E-state index contributed by atoms with van der Waals surface area (Å²) in [6.07, 6.45) is 1.97. The van der Waals surface area contributed by atoms with Crippen LogP contribution in [0.15, 0.2) is 22.8 Å². The molecular weight excluding hydrogens is 250 g/mol. The fraction of sp³-hybridized carbons (Fsp3) is 0.250. The van der Waals surface area contributed by atoms with Crippen molar-refractivity contribution in [3.05, 3.63) is 24.0 Å². The van der Waals surface area contributed by atoms with Crippen molar-refractivity contribution in [2.45, 2.75) is 19.4 Å². The van der Waals surface area contributed by atoms with Crippen molar-refractivity contribution in [1.82, 2.24) is 9.78 Å². The van der Waals surface area contributed by atoms with Gasteiger partial charge in [-0.25, -0.2) is 9.48 Å². The van der Waals surface area contributed by atoms with Gasteiger partial charge in [-0.2, -0.15) is 5.10 Å². The molecule has 2 aromatic rings. The lowest BCUT2D eigenvalue weighted by atomic mass is 10.1. The van der Waals surface area contributed by atoms with Crippen LogP contribution in [0.1, 0.15) is 24.2 Å². The summed E-state index contributed by atoms with van der Waals surface area (Å²) in [4.78, 5) is 22.4.